The van der Waals surface area contributed by atoms with Crippen molar-refractivity contribution in [3.8, 4) is 11.5 Å². The lowest BCUT2D eigenvalue weighted by molar-refractivity contribution is -0.169. The summed E-state index contributed by atoms with van der Waals surface area (Å²) in [7, 11) is 4.60. The Hall–Kier alpha value is -3.50. The fourth-order valence-electron chi connectivity index (χ4n) is 4.87. The molecule has 40 heavy (non-hydrogen) atoms. The number of carbonyl (C=O) groups excluding carboxylic acids is 2. The van der Waals surface area contributed by atoms with Crippen LogP contribution in [0.3, 0.4) is 0 Å². The molecule has 1 atom stereocenters. The molecule has 1 aliphatic heterocycles. The van der Waals surface area contributed by atoms with Gasteiger partial charge in [0.2, 0.25) is 0 Å². The molecule has 3 amide bonds. The van der Waals surface area contributed by atoms with Crippen molar-refractivity contribution in [3.63, 3.8) is 0 Å². The molecule has 1 saturated heterocycles. The van der Waals surface area contributed by atoms with E-state index in [4.69, 9.17) is 25.9 Å². The number of fused-ring (bicyclic) bond motifs is 1. The SMILES string of the molecule is CCCCCOc1cc(N2CC[C@H](C)N(Cc3ccnc4c3c(Cl)cn4CC(=O)N(C)OC)C2=O)ccc1OC. The molecule has 216 valence electrons. The molecule has 4 rings (SSSR count). The number of urea groups is 1. The Morgan fingerprint density at radius 3 is 2.73 bits per heavy atom. The van der Waals surface area contributed by atoms with Crippen molar-refractivity contribution in [3.05, 3.63) is 47.2 Å². The molecule has 2 aromatic heterocycles. The van der Waals surface area contributed by atoms with E-state index in [0.717, 1.165) is 47.4 Å². The minimum Gasteiger partial charge on any atom is -0.493 e. The van der Waals surface area contributed by atoms with Gasteiger partial charge in [-0.15, -0.1) is 0 Å². The number of nitrogens with zero attached hydrogens (tertiary/aromatic N) is 5. The number of benzene rings is 1. The largest absolute Gasteiger partial charge is 0.493 e. The summed E-state index contributed by atoms with van der Waals surface area (Å²) in [4.78, 5) is 39.4. The zero-order valence-corrected chi connectivity index (χ0v) is 24.6. The molecule has 0 aliphatic carbocycles. The topological polar surface area (TPSA) is 89.4 Å². The lowest BCUT2D eigenvalue weighted by Crippen LogP contribution is -2.53. The number of ether oxygens (including phenoxy) is 2. The predicted molar refractivity (Wildman–Crippen MR) is 155 cm³/mol. The van der Waals surface area contributed by atoms with Gasteiger partial charge in [-0.2, -0.15) is 0 Å². The number of amides is 3. The van der Waals surface area contributed by atoms with Gasteiger partial charge in [0.15, 0.2) is 11.5 Å². The molecule has 0 radical (unpaired) electrons. The standard InChI is InChI=1S/C29H38ClN5O5/c1-6-7-8-15-40-25-16-22(9-10-24(25)38-4)34-14-12-20(2)35(29(34)37)17-21-11-13-31-28-27(21)23(30)18-33(28)19-26(36)32(3)39-5/h9-11,13,16,18,20H,6-8,12,14-15,17,19H2,1-5H3/t20-/m0/s1. The molecule has 3 heterocycles. The molecule has 0 spiro atoms. The van der Waals surface area contributed by atoms with Crippen molar-refractivity contribution in [1.82, 2.24) is 19.5 Å². The fraction of sp³-hybridized carbons (Fsp3) is 0.483. The van der Waals surface area contributed by atoms with Gasteiger partial charge >= 0.3 is 6.03 Å². The van der Waals surface area contributed by atoms with Crippen LogP contribution in [0.4, 0.5) is 10.5 Å². The number of unbranched alkanes of at least 4 members (excludes halogenated alkanes) is 2. The molecule has 11 heteroatoms. The molecule has 3 aromatic rings. The molecular formula is C29H38ClN5O5. The molecular weight excluding hydrogens is 534 g/mol. The number of hydrogen-bond acceptors (Lipinski definition) is 6. The van der Waals surface area contributed by atoms with Crippen molar-refractivity contribution in [2.24, 2.45) is 0 Å². The van der Waals surface area contributed by atoms with Gasteiger partial charge in [0.1, 0.15) is 12.2 Å². The quantitative estimate of drug-likeness (QED) is 0.210. The van der Waals surface area contributed by atoms with E-state index in [9.17, 15) is 9.59 Å². The highest BCUT2D eigenvalue weighted by atomic mass is 35.5. The number of hydroxylamine groups is 2. The number of carbonyl (C=O) groups is 2. The molecule has 1 aromatic carbocycles. The van der Waals surface area contributed by atoms with E-state index >= 15 is 0 Å². The van der Waals surface area contributed by atoms with Crippen LogP contribution in [-0.2, 0) is 22.7 Å². The molecule has 1 aliphatic rings. The lowest BCUT2D eigenvalue weighted by Gasteiger charge is -2.40. The zero-order chi connectivity index (χ0) is 28.8. The normalized spacial score (nSPS) is 15.6. The first-order valence-electron chi connectivity index (χ1n) is 13.6. The maximum absolute atomic E-state index is 13.8. The number of aromatic nitrogens is 2. The summed E-state index contributed by atoms with van der Waals surface area (Å²) >= 11 is 6.65. The molecule has 10 nitrogen and oxygen atoms in total. The first-order chi connectivity index (χ1) is 19.3. The average Bonchev–Trinajstić information content (AvgIpc) is 3.28. The summed E-state index contributed by atoms with van der Waals surface area (Å²) < 4.78 is 13.2. The van der Waals surface area contributed by atoms with E-state index in [0.29, 0.717) is 41.9 Å². The van der Waals surface area contributed by atoms with Crippen LogP contribution >= 0.6 is 11.6 Å². The third kappa shape index (κ3) is 6.28. The van der Waals surface area contributed by atoms with Gasteiger partial charge in [-0.3, -0.25) is 14.5 Å². The third-order valence-electron chi connectivity index (χ3n) is 7.31. The van der Waals surface area contributed by atoms with Crippen LogP contribution in [0.15, 0.2) is 36.7 Å². The van der Waals surface area contributed by atoms with Crippen LogP contribution in [0.5, 0.6) is 11.5 Å². The first kappa shape index (κ1) is 29.5. The van der Waals surface area contributed by atoms with E-state index in [1.165, 1.54) is 7.11 Å². The van der Waals surface area contributed by atoms with Gasteiger partial charge < -0.3 is 18.9 Å². The number of hydrogen-bond donors (Lipinski definition) is 0. The minimum atomic E-state index is -0.244. The molecule has 0 saturated carbocycles. The van der Waals surface area contributed by atoms with Gasteiger partial charge in [0.25, 0.3) is 5.91 Å². The number of pyridine rings is 1. The van der Waals surface area contributed by atoms with Crippen LogP contribution in [0, 0.1) is 0 Å². The van der Waals surface area contributed by atoms with Crippen molar-refractivity contribution < 1.29 is 23.9 Å². The van der Waals surface area contributed by atoms with E-state index in [-0.39, 0.29) is 24.5 Å². The molecule has 1 fully saturated rings. The first-order valence-corrected chi connectivity index (χ1v) is 14.0. The second-order valence-electron chi connectivity index (χ2n) is 9.94. The third-order valence-corrected chi connectivity index (χ3v) is 7.60. The summed E-state index contributed by atoms with van der Waals surface area (Å²) in [6, 6.07) is 7.41. The summed E-state index contributed by atoms with van der Waals surface area (Å²) in [6.07, 6.45) is 7.33. The second-order valence-corrected chi connectivity index (χ2v) is 10.3. The number of anilines is 1. The summed E-state index contributed by atoms with van der Waals surface area (Å²) in [5.74, 6) is 1.03. The maximum Gasteiger partial charge on any atom is 0.325 e. The zero-order valence-electron chi connectivity index (χ0n) is 23.9. The van der Waals surface area contributed by atoms with Gasteiger partial charge in [-0.05, 0) is 43.5 Å². The number of rotatable bonds is 12. The van der Waals surface area contributed by atoms with Crippen molar-refractivity contribution in [2.45, 2.75) is 58.7 Å². The van der Waals surface area contributed by atoms with E-state index in [1.54, 1.807) is 36.0 Å². The van der Waals surface area contributed by atoms with Gasteiger partial charge in [-0.1, -0.05) is 31.4 Å². The fourth-order valence-corrected chi connectivity index (χ4v) is 5.19. The van der Waals surface area contributed by atoms with Gasteiger partial charge in [0.05, 0.1) is 25.8 Å². The highest BCUT2D eigenvalue weighted by Crippen LogP contribution is 2.35. The lowest BCUT2D eigenvalue weighted by atomic mass is 10.1. The van der Waals surface area contributed by atoms with Crippen LogP contribution in [0.1, 0.15) is 45.1 Å². The van der Waals surface area contributed by atoms with E-state index in [1.807, 2.05) is 29.2 Å². The maximum atomic E-state index is 13.8. The monoisotopic (exact) mass is 571 g/mol. The van der Waals surface area contributed by atoms with Gasteiger partial charge in [-0.25, -0.2) is 14.8 Å². The van der Waals surface area contributed by atoms with Crippen molar-refractivity contribution in [2.75, 3.05) is 39.3 Å². The van der Waals surface area contributed by atoms with Crippen LogP contribution in [0.25, 0.3) is 11.0 Å². The van der Waals surface area contributed by atoms with Crippen LogP contribution < -0.4 is 14.4 Å². The van der Waals surface area contributed by atoms with Crippen LogP contribution in [-0.4, -0.2) is 71.9 Å². The Labute approximate surface area is 240 Å². The number of methoxy groups -OCH3 is 1. The van der Waals surface area contributed by atoms with Gasteiger partial charge in [0, 0.05) is 55.7 Å². The smallest absolute Gasteiger partial charge is 0.325 e. The van der Waals surface area contributed by atoms with E-state index < -0.39 is 0 Å². The predicted octanol–water partition coefficient (Wildman–Crippen LogP) is 5.51. The Morgan fingerprint density at radius 2 is 2.00 bits per heavy atom. The van der Waals surface area contributed by atoms with Crippen LogP contribution in [0.2, 0.25) is 5.02 Å². The summed E-state index contributed by atoms with van der Waals surface area (Å²) in [6.45, 7) is 5.76. The molecule has 0 N–H and O–H groups in total. The summed E-state index contributed by atoms with van der Waals surface area (Å²) in [5.41, 5.74) is 2.20. The highest BCUT2D eigenvalue weighted by Gasteiger charge is 2.33. The molecule has 0 bridgehead atoms. The Kier molecular flexibility index (Phi) is 9.76. The Bertz CT molecular complexity index is 1350. The molecule has 0 unspecified atom stereocenters. The number of likely N-dealkylation sites (N-methyl/N-ethyl adjacent to an activating group) is 1. The second kappa shape index (κ2) is 13.2. The summed E-state index contributed by atoms with van der Waals surface area (Å²) in [5, 5.41) is 2.36. The minimum absolute atomic E-state index is 0.0211. The average molecular weight is 572 g/mol. The number of halogens is 1. The Balaban J connectivity index is 1.58. The van der Waals surface area contributed by atoms with Crippen molar-refractivity contribution >= 4 is 40.3 Å². The van der Waals surface area contributed by atoms with E-state index in [2.05, 4.69) is 18.8 Å². The Morgan fingerprint density at radius 1 is 1.20 bits per heavy atom. The highest BCUT2D eigenvalue weighted by molar-refractivity contribution is 6.35. The van der Waals surface area contributed by atoms with Crippen molar-refractivity contribution in [1.29, 1.82) is 0 Å².